The Bertz CT molecular complexity index is 1150. The fourth-order valence-electron chi connectivity index (χ4n) is 4.03. The van der Waals surface area contributed by atoms with Gasteiger partial charge in [-0.2, -0.15) is 5.10 Å². The largest absolute Gasteiger partial charge is 0.511 e. The minimum Gasteiger partial charge on any atom is -0.511 e. The average Bonchev–Trinajstić information content (AvgIpc) is 2.77. The lowest BCUT2D eigenvalue weighted by Crippen LogP contribution is -2.29. The first-order chi connectivity index (χ1) is 16.0. The molecule has 1 aliphatic rings. The number of aliphatic hydroxyl groups is 1. The van der Waals surface area contributed by atoms with E-state index in [-0.39, 0.29) is 34.6 Å². The van der Waals surface area contributed by atoms with E-state index in [1.54, 1.807) is 50.4 Å². The number of carbonyl (C=O) groups is 2. The lowest BCUT2D eigenvalue weighted by atomic mass is 9.76. The molecule has 2 aromatic carbocycles. The number of hydrazone groups is 1. The number of nitrogens with zero attached hydrogens (tertiary/aromatic N) is 2. The molecule has 0 aliphatic heterocycles. The van der Waals surface area contributed by atoms with E-state index in [0.717, 1.165) is 5.56 Å². The van der Waals surface area contributed by atoms with Crippen molar-refractivity contribution in [3.8, 4) is 11.5 Å². The van der Waals surface area contributed by atoms with E-state index in [0.29, 0.717) is 35.7 Å². The van der Waals surface area contributed by atoms with Crippen LogP contribution in [0.2, 0.25) is 0 Å². The number of aromatic carboxylic acids is 1. The van der Waals surface area contributed by atoms with Crippen LogP contribution in [0.1, 0.15) is 49.5 Å². The topological polar surface area (TPSA) is 109 Å². The molecule has 34 heavy (non-hydrogen) atoms. The number of carboxylic acid groups (broad SMARTS) is 1. The van der Waals surface area contributed by atoms with Gasteiger partial charge in [0.25, 0.3) is 0 Å². The maximum absolute atomic E-state index is 12.8. The van der Waals surface area contributed by atoms with Gasteiger partial charge >= 0.3 is 5.97 Å². The van der Waals surface area contributed by atoms with Gasteiger partial charge in [0.1, 0.15) is 17.3 Å². The van der Waals surface area contributed by atoms with Crippen LogP contribution in [-0.4, -0.2) is 41.9 Å². The number of carbonyl (C=O) groups excluding carboxylic acids is 1. The van der Waals surface area contributed by atoms with Crippen LogP contribution < -0.4 is 14.5 Å². The van der Waals surface area contributed by atoms with E-state index in [1.165, 1.54) is 12.1 Å². The molecule has 0 heterocycles. The fraction of sp³-hybridized carbons (Fsp3) is 0.346. The highest BCUT2D eigenvalue weighted by Crippen LogP contribution is 2.36. The summed E-state index contributed by atoms with van der Waals surface area (Å²) in [6, 6.07) is 11.7. The predicted molar refractivity (Wildman–Crippen MR) is 130 cm³/mol. The Morgan fingerprint density at radius 3 is 2.32 bits per heavy atom. The van der Waals surface area contributed by atoms with Crippen molar-refractivity contribution >= 4 is 23.2 Å². The number of carboxylic acids is 1. The third-order valence-electron chi connectivity index (χ3n) is 5.71. The molecule has 0 amide bonds. The second kappa shape index (κ2) is 9.99. The van der Waals surface area contributed by atoms with Crippen LogP contribution in [0.25, 0.3) is 0 Å². The molecule has 1 aliphatic carbocycles. The number of hydrogen-bond acceptors (Lipinski definition) is 7. The Morgan fingerprint density at radius 1 is 1.09 bits per heavy atom. The van der Waals surface area contributed by atoms with Crippen LogP contribution in [0.15, 0.2) is 58.9 Å². The molecule has 0 bridgehead atoms. The second-order valence-electron chi connectivity index (χ2n) is 9.04. The lowest BCUT2D eigenvalue weighted by molar-refractivity contribution is -0.117. The van der Waals surface area contributed by atoms with Crippen LogP contribution in [0.4, 0.5) is 5.69 Å². The first-order valence-corrected chi connectivity index (χ1v) is 10.9. The van der Waals surface area contributed by atoms with Gasteiger partial charge in [-0.15, -0.1) is 0 Å². The zero-order valence-corrected chi connectivity index (χ0v) is 20.1. The van der Waals surface area contributed by atoms with Crippen molar-refractivity contribution < 1.29 is 29.3 Å². The molecule has 0 aromatic heterocycles. The molecule has 2 aromatic rings. The van der Waals surface area contributed by atoms with Gasteiger partial charge in [-0.3, -0.25) is 9.80 Å². The first-order valence-electron chi connectivity index (χ1n) is 10.9. The van der Waals surface area contributed by atoms with Crippen molar-refractivity contribution in [2.24, 2.45) is 10.5 Å². The SMILES string of the molecule is COc1ccc(CN(/N=C(\C)C2=C(O)CC(C)(C)CC2=O)c2ccc(C(=O)O)cc2)c(OC)c1. The van der Waals surface area contributed by atoms with Crippen LogP contribution >= 0.6 is 0 Å². The fourth-order valence-corrected chi connectivity index (χ4v) is 4.03. The van der Waals surface area contributed by atoms with E-state index >= 15 is 0 Å². The maximum atomic E-state index is 12.8. The molecule has 3 rings (SSSR count). The molecule has 0 atom stereocenters. The highest BCUT2D eigenvalue weighted by Gasteiger charge is 2.34. The molecular formula is C26H30N2O6. The Kier molecular flexibility index (Phi) is 7.29. The third kappa shape index (κ3) is 5.57. The Balaban J connectivity index is 2.05. The number of ketones is 1. The molecule has 0 spiro atoms. The number of hydrogen-bond donors (Lipinski definition) is 2. The quantitative estimate of drug-likeness (QED) is 0.417. The Morgan fingerprint density at radius 2 is 1.76 bits per heavy atom. The third-order valence-corrected chi connectivity index (χ3v) is 5.71. The minimum absolute atomic E-state index is 0.0331. The standard InChI is InChI=1S/C26H30N2O6/c1-16(24-21(29)13-26(2,3)14-22(24)30)27-28(19-9-6-17(7-10-19)25(31)32)15-18-8-11-20(33-4)12-23(18)34-5/h6-12,29H,13-15H2,1-5H3,(H,31,32)/b27-16+. The predicted octanol–water partition coefficient (Wildman–Crippen LogP) is 4.99. The summed E-state index contributed by atoms with van der Waals surface area (Å²) < 4.78 is 10.8. The van der Waals surface area contributed by atoms with Gasteiger partial charge in [-0.1, -0.05) is 13.8 Å². The summed E-state index contributed by atoms with van der Waals surface area (Å²) in [6.07, 6.45) is 0.708. The Labute approximate surface area is 199 Å². The van der Waals surface area contributed by atoms with E-state index in [4.69, 9.17) is 9.47 Å². The molecule has 0 saturated carbocycles. The van der Waals surface area contributed by atoms with E-state index in [1.807, 2.05) is 19.9 Å². The van der Waals surface area contributed by atoms with Gasteiger partial charge in [0.2, 0.25) is 0 Å². The van der Waals surface area contributed by atoms with Crippen LogP contribution in [0.3, 0.4) is 0 Å². The molecule has 0 saturated heterocycles. The number of aliphatic hydroxyl groups excluding tert-OH is 1. The molecule has 0 radical (unpaired) electrons. The van der Waals surface area contributed by atoms with Crippen LogP contribution in [-0.2, 0) is 11.3 Å². The van der Waals surface area contributed by atoms with E-state index in [9.17, 15) is 19.8 Å². The van der Waals surface area contributed by atoms with Crippen LogP contribution in [0.5, 0.6) is 11.5 Å². The van der Waals surface area contributed by atoms with Gasteiger partial charge in [-0.25, -0.2) is 4.79 Å². The van der Waals surface area contributed by atoms with Crippen molar-refractivity contribution in [2.45, 2.75) is 40.2 Å². The summed E-state index contributed by atoms with van der Waals surface area (Å²) >= 11 is 0. The highest BCUT2D eigenvalue weighted by molar-refractivity contribution is 6.22. The van der Waals surface area contributed by atoms with Gasteiger partial charge in [-0.05, 0) is 48.7 Å². The molecule has 180 valence electrons. The molecule has 8 nitrogen and oxygen atoms in total. The smallest absolute Gasteiger partial charge is 0.335 e. The number of anilines is 1. The summed E-state index contributed by atoms with van der Waals surface area (Å²) in [5.74, 6) is 0.0871. The summed E-state index contributed by atoms with van der Waals surface area (Å²) in [5, 5.41) is 26.2. The number of ether oxygens (including phenoxy) is 2. The normalized spacial score (nSPS) is 15.8. The molecule has 2 N–H and O–H groups in total. The second-order valence-corrected chi connectivity index (χ2v) is 9.04. The molecule has 0 fully saturated rings. The average molecular weight is 467 g/mol. The highest BCUT2D eigenvalue weighted by atomic mass is 16.5. The zero-order valence-electron chi connectivity index (χ0n) is 20.1. The van der Waals surface area contributed by atoms with Crippen molar-refractivity contribution in [2.75, 3.05) is 19.2 Å². The van der Waals surface area contributed by atoms with Crippen LogP contribution in [0, 0.1) is 5.41 Å². The monoisotopic (exact) mass is 466 g/mol. The van der Waals surface area contributed by atoms with Gasteiger partial charge in [0.15, 0.2) is 5.78 Å². The minimum atomic E-state index is -1.03. The number of methoxy groups -OCH3 is 2. The molecular weight excluding hydrogens is 436 g/mol. The lowest BCUT2D eigenvalue weighted by Gasteiger charge is -2.30. The van der Waals surface area contributed by atoms with Crippen molar-refractivity contribution in [1.82, 2.24) is 0 Å². The summed E-state index contributed by atoms with van der Waals surface area (Å²) in [4.78, 5) is 24.1. The zero-order chi connectivity index (χ0) is 25.0. The van der Waals surface area contributed by atoms with E-state index in [2.05, 4.69) is 5.10 Å². The number of benzene rings is 2. The number of allylic oxidation sites excluding steroid dienone is 2. The van der Waals surface area contributed by atoms with Gasteiger partial charge in [0, 0.05) is 24.5 Å². The van der Waals surface area contributed by atoms with Gasteiger partial charge in [0.05, 0.1) is 43.3 Å². The van der Waals surface area contributed by atoms with Crippen molar-refractivity contribution in [1.29, 1.82) is 0 Å². The maximum Gasteiger partial charge on any atom is 0.335 e. The van der Waals surface area contributed by atoms with E-state index < -0.39 is 5.97 Å². The Hall–Kier alpha value is -3.81. The summed E-state index contributed by atoms with van der Waals surface area (Å²) in [6.45, 7) is 5.84. The van der Waals surface area contributed by atoms with Gasteiger partial charge < -0.3 is 19.7 Å². The summed E-state index contributed by atoms with van der Waals surface area (Å²) in [5.41, 5.74) is 1.87. The van der Waals surface area contributed by atoms with Crippen molar-refractivity contribution in [3.05, 3.63) is 64.9 Å². The summed E-state index contributed by atoms with van der Waals surface area (Å²) in [7, 11) is 3.13. The molecule has 8 heteroatoms. The number of rotatable bonds is 8. The number of Topliss-reactive ketones (excluding diaryl/α,β-unsaturated/α-hetero) is 1. The van der Waals surface area contributed by atoms with Crippen molar-refractivity contribution in [3.63, 3.8) is 0 Å². The first kappa shape index (κ1) is 24.8. The molecule has 0 unspecified atom stereocenters.